The molecule has 0 radical (unpaired) electrons. The van der Waals surface area contributed by atoms with E-state index in [9.17, 15) is 9.59 Å². The maximum absolute atomic E-state index is 11.7. The molecular formula is C15H22N4O2. The van der Waals surface area contributed by atoms with E-state index < -0.39 is 0 Å². The summed E-state index contributed by atoms with van der Waals surface area (Å²) in [6, 6.07) is 3.48. The van der Waals surface area contributed by atoms with E-state index in [4.69, 9.17) is 0 Å². The fourth-order valence-electron chi connectivity index (χ4n) is 2.41. The van der Waals surface area contributed by atoms with E-state index in [0.29, 0.717) is 24.7 Å². The highest BCUT2D eigenvalue weighted by molar-refractivity contribution is 5.88. The summed E-state index contributed by atoms with van der Waals surface area (Å²) in [5, 5.41) is 5.49. The average Bonchev–Trinajstić information content (AvgIpc) is 2.78. The van der Waals surface area contributed by atoms with Crippen LogP contribution in [0, 0.1) is 5.92 Å². The van der Waals surface area contributed by atoms with Crippen molar-refractivity contribution in [1.29, 1.82) is 0 Å². The lowest BCUT2D eigenvalue weighted by Gasteiger charge is -2.11. The number of aryl methyl sites for hydroxylation is 1. The summed E-state index contributed by atoms with van der Waals surface area (Å²) in [6.07, 6.45) is 4.08. The van der Waals surface area contributed by atoms with Crippen molar-refractivity contribution in [3.8, 4) is 0 Å². The van der Waals surface area contributed by atoms with Gasteiger partial charge in [0.15, 0.2) is 0 Å². The minimum Gasteiger partial charge on any atom is -0.345 e. The Balaban J connectivity index is 1.68. The van der Waals surface area contributed by atoms with Crippen molar-refractivity contribution in [2.24, 2.45) is 5.92 Å². The van der Waals surface area contributed by atoms with Gasteiger partial charge < -0.3 is 10.2 Å². The normalized spacial score (nSPS) is 17.9. The summed E-state index contributed by atoms with van der Waals surface area (Å²) >= 11 is 0. The van der Waals surface area contributed by atoms with Crippen LogP contribution in [-0.4, -0.2) is 42.0 Å². The molecule has 21 heavy (non-hydrogen) atoms. The summed E-state index contributed by atoms with van der Waals surface area (Å²) in [4.78, 5) is 29.0. The van der Waals surface area contributed by atoms with E-state index >= 15 is 0 Å². The van der Waals surface area contributed by atoms with Crippen LogP contribution in [0.2, 0.25) is 0 Å². The molecule has 3 amide bonds. The lowest BCUT2D eigenvalue weighted by Crippen LogP contribution is -2.31. The molecule has 6 nitrogen and oxygen atoms in total. The number of amides is 3. The lowest BCUT2D eigenvalue weighted by molar-refractivity contribution is -0.126. The SMILES string of the molecule is CCc1ccc(NC(=O)NCCC2CC(=O)N(C)C2)nc1. The number of nitrogens with one attached hydrogen (secondary N) is 2. The summed E-state index contributed by atoms with van der Waals surface area (Å²) in [6.45, 7) is 3.40. The number of rotatable bonds is 5. The second-order valence-electron chi connectivity index (χ2n) is 5.42. The maximum Gasteiger partial charge on any atom is 0.320 e. The monoisotopic (exact) mass is 290 g/mol. The molecule has 0 aliphatic carbocycles. The molecule has 1 fully saturated rings. The zero-order chi connectivity index (χ0) is 15.2. The quantitative estimate of drug-likeness (QED) is 0.865. The number of nitrogens with zero attached hydrogens (tertiary/aromatic N) is 2. The first kappa shape index (κ1) is 15.3. The standard InChI is InChI=1S/C15H22N4O2/c1-3-11-4-5-13(17-9-11)18-15(21)16-7-6-12-8-14(20)19(2)10-12/h4-5,9,12H,3,6-8,10H2,1-2H3,(H2,16,17,18,21). The number of anilines is 1. The van der Waals surface area contributed by atoms with Crippen molar-refractivity contribution in [3.63, 3.8) is 0 Å². The second kappa shape index (κ2) is 7.06. The van der Waals surface area contributed by atoms with Crippen LogP contribution in [0.5, 0.6) is 0 Å². The molecule has 2 heterocycles. The molecule has 1 aliphatic rings. The Labute approximate surface area is 124 Å². The van der Waals surface area contributed by atoms with E-state index in [0.717, 1.165) is 24.9 Å². The van der Waals surface area contributed by atoms with Crippen LogP contribution in [0.4, 0.5) is 10.6 Å². The van der Waals surface area contributed by atoms with Gasteiger partial charge in [-0.25, -0.2) is 9.78 Å². The summed E-state index contributed by atoms with van der Waals surface area (Å²) in [7, 11) is 1.81. The Morgan fingerprint density at radius 1 is 1.48 bits per heavy atom. The molecule has 1 aromatic rings. The Hall–Kier alpha value is -2.11. The van der Waals surface area contributed by atoms with Gasteiger partial charge in [0.2, 0.25) is 5.91 Å². The Morgan fingerprint density at radius 2 is 2.29 bits per heavy atom. The molecule has 1 atom stereocenters. The van der Waals surface area contributed by atoms with Gasteiger partial charge in [-0.15, -0.1) is 0 Å². The number of urea groups is 1. The molecule has 0 saturated carbocycles. The summed E-state index contributed by atoms with van der Waals surface area (Å²) in [5.74, 6) is 1.06. The van der Waals surface area contributed by atoms with Crippen LogP contribution in [0.25, 0.3) is 0 Å². The third kappa shape index (κ3) is 4.44. The number of carbonyl (C=O) groups excluding carboxylic acids is 2. The maximum atomic E-state index is 11.7. The molecular weight excluding hydrogens is 268 g/mol. The van der Waals surface area contributed by atoms with Gasteiger partial charge in [0.05, 0.1) is 0 Å². The van der Waals surface area contributed by atoms with E-state index in [1.54, 1.807) is 17.2 Å². The molecule has 2 N–H and O–H groups in total. The third-order valence-corrected chi connectivity index (χ3v) is 3.73. The van der Waals surface area contributed by atoms with Crippen molar-refractivity contribution in [2.75, 3.05) is 25.5 Å². The summed E-state index contributed by atoms with van der Waals surface area (Å²) in [5.41, 5.74) is 1.14. The number of aromatic nitrogens is 1. The van der Waals surface area contributed by atoms with E-state index in [-0.39, 0.29) is 11.9 Å². The van der Waals surface area contributed by atoms with Gasteiger partial charge in [0.1, 0.15) is 5.82 Å². The largest absolute Gasteiger partial charge is 0.345 e. The number of pyridine rings is 1. The lowest BCUT2D eigenvalue weighted by atomic mass is 10.1. The second-order valence-corrected chi connectivity index (χ2v) is 5.42. The van der Waals surface area contributed by atoms with E-state index in [1.807, 2.05) is 13.1 Å². The number of hydrogen-bond donors (Lipinski definition) is 2. The average molecular weight is 290 g/mol. The van der Waals surface area contributed by atoms with Crippen molar-refractivity contribution in [1.82, 2.24) is 15.2 Å². The van der Waals surface area contributed by atoms with Crippen molar-refractivity contribution in [3.05, 3.63) is 23.9 Å². The number of likely N-dealkylation sites (tertiary alicyclic amines) is 1. The molecule has 114 valence electrons. The molecule has 1 saturated heterocycles. The first-order valence-corrected chi connectivity index (χ1v) is 7.32. The zero-order valence-electron chi connectivity index (χ0n) is 12.6. The van der Waals surface area contributed by atoms with Crippen LogP contribution in [0.1, 0.15) is 25.3 Å². The van der Waals surface area contributed by atoms with Gasteiger partial charge in [-0.1, -0.05) is 13.0 Å². The topological polar surface area (TPSA) is 74.3 Å². The molecule has 0 spiro atoms. The van der Waals surface area contributed by atoms with Crippen LogP contribution < -0.4 is 10.6 Å². The fraction of sp³-hybridized carbons (Fsp3) is 0.533. The van der Waals surface area contributed by atoms with Crippen molar-refractivity contribution in [2.45, 2.75) is 26.2 Å². The molecule has 1 unspecified atom stereocenters. The minimum atomic E-state index is -0.260. The minimum absolute atomic E-state index is 0.185. The first-order valence-electron chi connectivity index (χ1n) is 7.32. The van der Waals surface area contributed by atoms with E-state index in [1.165, 1.54) is 0 Å². The molecule has 0 aromatic carbocycles. The highest BCUT2D eigenvalue weighted by Crippen LogP contribution is 2.18. The highest BCUT2D eigenvalue weighted by atomic mass is 16.2. The van der Waals surface area contributed by atoms with Crippen molar-refractivity contribution >= 4 is 17.8 Å². The van der Waals surface area contributed by atoms with Gasteiger partial charge in [0, 0.05) is 32.8 Å². The highest BCUT2D eigenvalue weighted by Gasteiger charge is 2.26. The molecule has 1 aromatic heterocycles. The fourth-order valence-corrected chi connectivity index (χ4v) is 2.41. The predicted molar refractivity (Wildman–Crippen MR) is 81.0 cm³/mol. The van der Waals surface area contributed by atoms with Crippen LogP contribution in [0.3, 0.4) is 0 Å². The Kier molecular flexibility index (Phi) is 5.14. The zero-order valence-corrected chi connectivity index (χ0v) is 12.6. The predicted octanol–water partition coefficient (Wildman–Crippen LogP) is 1.63. The molecule has 1 aliphatic heterocycles. The Morgan fingerprint density at radius 3 is 2.86 bits per heavy atom. The van der Waals surface area contributed by atoms with Gasteiger partial charge in [-0.2, -0.15) is 0 Å². The third-order valence-electron chi connectivity index (χ3n) is 3.73. The molecule has 2 rings (SSSR count). The Bertz CT molecular complexity index is 501. The molecule has 6 heteroatoms. The summed E-state index contributed by atoms with van der Waals surface area (Å²) < 4.78 is 0. The number of hydrogen-bond acceptors (Lipinski definition) is 3. The van der Waals surface area contributed by atoms with Gasteiger partial charge >= 0.3 is 6.03 Å². The smallest absolute Gasteiger partial charge is 0.320 e. The van der Waals surface area contributed by atoms with Gasteiger partial charge in [0.25, 0.3) is 0 Å². The van der Waals surface area contributed by atoms with Crippen LogP contribution in [-0.2, 0) is 11.2 Å². The molecule has 0 bridgehead atoms. The first-order chi connectivity index (χ1) is 10.1. The van der Waals surface area contributed by atoms with Crippen LogP contribution >= 0.6 is 0 Å². The van der Waals surface area contributed by atoms with Gasteiger partial charge in [-0.3, -0.25) is 10.1 Å². The van der Waals surface area contributed by atoms with Crippen molar-refractivity contribution < 1.29 is 9.59 Å². The van der Waals surface area contributed by atoms with E-state index in [2.05, 4.69) is 22.5 Å². The van der Waals surface area contributed by atoms with Crippen LogP contribution in [0.15, 0.2) is 18.3 Å². The van der Waals surface area contributed by atoms with Gasteiger partial charge in [-0.05, 0) is 30.4 Å². The number of carbonyl (C=O) groups is 2.